The first kappa shape index (κ1) is 12.1. The van der Waals surface area contributed by atoms with Crippen LogP contribution in [-0.4, -0.2) is 12.1 Å². The SMILES string of the molecule is COc1cccc(/C=C/C=C/c2ccccn2)c1. The molecule has 0 saturated carbocycles. The molecule has 18 heavy (non-hydrogen) atoms. The van der Waals surface area contributed by atoms with E-state index in [1.54, 1.807) is 13.3 Å². The minimum absolute atomic E-state index is 0.867. The molecule has 90 valence electrons. The van der Waals surface area contributed by atoms with Crippen molar-refractivity contribution in [1.82, 2.24) is 4.98 Å². The maximum Gasteiger partial charge on any atom is 0.119 e. The van der Waals surface area contributed by atoms with Crippen LogP contribution in [0.15, 0.2) is 60.8 Å². The lowest BCUT2D eigenvalue weighted by Gasteiger charge is -1.99. The second-order valence-electron chi connectivity index (χ2n) is 3.75. The smallest absolute Gasteiger partial charge is 0.119 e. The molecule has 0 unspecified atom stereocenters. The summed E-state index contributed by atoms with van der Waals surface area (Å²) in [5.74, 6) is 0.867. The van der Waals surface area contributed by atoms with Crippen LogP contribution in [0.4, 0.5) is 0 Å². The first-order valence-electron chi connectivity index (χ1n) is 5.78. The average molecular weight is 237 g/mol. The summed E-state index contributed by atoms with van der Waals surface area (Å²) in [6.45, 7) is 0. The number of hydrogen-bond acceptors (Lipinski definition) is 2. The van der Waals surface area contributed by atoms with Crippen LogP contribution < -0.4 is 4.74 Å². The van der Waals surface area contributed by atoms with Crippen molar-refractivity contribution in [2.24, 2.45) is 0 Å². The summed E-state index contributed by atoms with van der Waals surface area (Å²) in [5.41, 5.74) is 2.06. The monoisotopic (exact) mass is 237 g/mol. The van der Waals surface area contributed by atoms with Crippen molar-refractivity contribution in [1.29, 1.82) is 0 Å². The Balaban J connectivity index is 2.01. The van der Waals surface area contributed by atoms with Gasteiger partial charge in [-0.1, -0.05) is 36.4 Å². The zero-order chi connectivity index (χ0) is 12.6. The normalized spacial score (nSPS) is 11.2. The number of aromatic nitrogens is 1. The Bertz CT molecular complexity index is 544. The Kier molecular flexibility index (Phi) is 4.31. The highest BCUT2D eigenvalue weighted by molar-refractivity contribution is 5.56. The second kappa shape index (κ2) is 6.40. The summed E-state index contributed by atoms with van der Waals surface area (Å²) < 4.78 is 5.17. The van der Waals surface area contributed by atoms with E-state index in [4.69, 9.17) is 4.74 Å². The first-order valence-corrected chi connectivity index (χ1v) is 5.78. The lowest BCUT2D eigenvalue weighted by Crippen LogP contribution is -1.81. The lowest BCUT2D eigenvalue weighted by molar-refractivity contribution is 0.414. The average Bonchev–Trinajstić information content (AvgIpc) is 2.45. The summed E-state index contributed by atoms with van der Waals surface area (Å²) in [4.78, 5) is 4.21. The van der Waals surface area contributed by atoms with Crippen molar-refractivity contribution >= 4 is 12.2 Å². The second-order valence-corrected chi connectivity index (χ2v) is 3.75. The number of benzene rings is 1. The molecule has 0 radical (unpaired) electrons. The van der Waals surface area contributed by atoms with Crippen molar-refractivity contribution in [3.05, 3.63) is 72.1 Å². The Morgan fingerprint density at radius 2 is 1.89 bits per heavy atom. The molecule has 0 fully saturated rings. The van der Waals surface area contributed by atoms with Gasteiger partial charge in [0.2, 0.25) is 0 Å². The molecule has 2 rings (SSSR count). The molecule has 0 saturated heterocycles. The fourth-order valence-corrected chi connectivity index (χ4v) is 1.54. The number of hydrogen-bond donors (Lipinski definition) is 0. The summed E-state index contributed by atoms with van der Waals surface area (Å²) in [6.07, 6.45) is 9.75. The third kappa shape index (κ3) is 3.59. The molecule has 0 amide bonds. The van der Waals surface area contributed by atoms with E-state index in [0.29, 0.717) is 0 Å². The zero-order valence-electron chi connectivity index (χ0n) is 10.3. The molecule has 0 aliphatic carbocycles. The van der Waals surface area contributed by atoms with Gasteiger partial charge in [-0.15, -0.1) is 0 Å². The number of methoxy groups -OCH3 is 1. The molecule has 2 heteroatoms. The third-order valence-corrected chi connectivity index (χ3v) is 2.45. The van der Waals surface area contributed by atoms with Crippen LogP contribution in [0.3, 0.4) is 0 Å². The molecule has 2 aromatic rings. The largest absolute Gasteiger partial charge is 0.497 e. The van der Waals surface area contributed by atoms with Gasteiger partial charge in [0.05, 0.1) is 12.8 Å². The van der Waals surface area contributed by atoms with Gasteiger partial charge in [-0.3, -0.25) is 4.98 Å². The van der Waals surface area contributed by atoms with E-state index in [-0.39, 0.29) is 0 Å². The molecular weight excluding hydrogens is 222 g/mol. The van der Waals surface area contributed by atoms with E-state index >= 15 is 0 Å². The van der Waals surface area contributed by atoms with Crippen molar-refractivity contribution in [3.63, 3.8) is 0 Å². The fourth-order valence-electron chi connectivity index (χ4n) is 1.54. The van der Waals surface area contributed by atoms with Gasteiger partial charge in [0, 0.05) is 6.20 Å². The predicted molar refractivity (Wildman–Crippen MR) is 75.3 cm³/mol. The van der Waals surface area contributed by atoms with Crippen molar-refractivity contribution in [2.75, 3.05) is 7.11 Å². The van der Waals surface area contributed by atoms with Crippen molar-refractivity contribution in [3.8, 4) is 5.75 Å². The number of rotatable bonds is 4. The molecule has 0 aliphatic rings. The van der Waals surface area contributed by atoms with Crippen LogP contribution in [0, 0.1) is 0 Å². The summed E-state index contributed by atoms with van der Waals surface area (Å²) in [6, 6.07) is 13.8. The molecule has 0 N–H and O–H groups in total. The highest BCUT2D eigenvalue weighted by atomic mass is 16.5. The summed E-state index contributed by atoms with van der Waals surface area (Å²) in [5, 5.41) is 0. The highest BCUT2D eigenvalue weighted by Crippen LogP contribution is 2.13. The Labute approximate surface area is 107 Å². The van der Waals surface area contributed by atoms with E-state index in [9.17, 15) is 0 Å². The number of allylic oxidation sites excluding steroid dienone is 2. The van der Waals surface area contributed by atoms with Gasteiger partial charge < -0.3 is 4.74 Å². The van der Waals surface area contributed by atoms with Crippen LogP contribution in [0.5, 0.6) is 5.75 Å². The predicted octanol–water partition coefficient (Wildman–Crippen LogP) is 3.82. The molecule has 0 spiro atoms. The van der Waals surface area contributed by atoms with Gasteiger partial charge in [0.25, 0.3) is 0 Å². The maximum absolute atomic E-state index is 5.17. The van der Waals surface area contributed by atoms with Gasteiger partial charge in [-0.05, 0) is 35.9 Å². The van der Waals surface area contributed by atoms with Gasteiger partial charge >= 0.3 is 0 Å². The topological polar surface area (TPSA) is 22.1 Å². The molecular formula is C16H15NO. The van der Waals surface area contributed by atoms with E-state index in [1.165, 1.54) is 0 Å². The summed E-state index contributed by atoms with van der Waals surface area (Å²) >= 11 is 0. The lowest BCUT2D eigenvalue weighted by atomic mass is 10.2. The molecule has 2 nitrogen and oxygen atoms in total. The standard InChI is InChI=1S/C16H15NO/c1-18-16-11-6-8-14(13-16)7-2-3-9-15-10-4-5-12-17-15/h2-13H,1H3/b7-2+,9-3+. The van der Waals surface area contributed by atoms with E-state index in [2.05, 4.69) is 4.98 Å². The molecule has 1 aromatic heterocycles. The van der Waals surface area contributed by atoms with Gasteiger partial charge in [-0.25, -0.2) is 0 Å². The highest BCUT2D eigenvalue weighted by Gasteiger charge is 1.90. The van der Waals surface area contributed by atoms with Gasteiger partial charge in [0.15, 0.2) is 0 Å². The van der Waals surface area contributed by atoms with E-state index in [0.717, 1.165) is 17.0 Å². The quantitative estimate of drug-likeness (QED) is 0.754. The van der Waals surface area contributed by atoms with Crippen LogP contribution in [-0.2, 0) is 0 Å². The Morgan fingerprint density at radius 3 is 2.67 bits per heavy atom. The van der Waals surface area contributed by atoms with Crippen LogP contribution in [0.25, 0.3) is 12.2 Å². The third-order valence-electron chi connectivity index (χ3n) is 2.45. The molecule has 0 atom stereocenters. The Morgan fingerprint density at radius 1 is 1.00 bits per heavy atom. The van der Waals surface area contributed by atoms with Crippen LogP contribution in [0.2, 0.25) is 0 Å². The molecule has 0 bridgehead atoms. The number of nitrogens with zero attached hydrogens (tertiary/aromatic N) is 1. The fraction of sp³-hybridized carbons (Fsp3) is 0.0625. The zero-order valence-corrected chi connectivity index (χ0v) is 10.3. The van der Waals surface area contributed by atoms with Gasteiger partial charge in [0.1, 0.15) is 5.75 Å². The molecule has 0 aliphatic heterocycles. The molecule has 1 heterocycles. The Hall–Kier alpha value is -2.35. The molecule has 1 aromatic carbocycles. The maximum atomic E-state index is 5.17. The van der Waals surface area contributed by atoms with E-state index in [1.807, 2.05) is 66.8 Å². The van der Waals surface area contributed by atoms with Crippen LogP contribution >= 0.6 is 0 Å². The number of pyridine rings is 1. The minimum Gasteiger partial charge on any atom is -0.497 e. The number of ether oxygens (including phenoxy) is 1. The van der Waals surface area contributed by atoms with Crippen LogP contribution in [0.1, 0.15) is 11.3 Å². The van der Waals surface area contributed by atoms with Crippen molar-refractivity contribution in [2.45, 2.75) is 0 Å². The van der Waals surface area contributed by atoms with E-state index < -0.39 is 0 Å². The summed E-state index contributed by atoms with van der Waals surface area (Å²) in [7, 11) is 1.67. The minimum atomic E-state index is 0.867. The van der Waals surface area contributed by atoms with Crippen molar-refractivity contribution < 1.29 is 4.74 Å². The first-order chi connectivity index (χ1) is 8.88. The van der Waals surface area contributed by atoms with Gasteiger partial charge in [-0.2, -0.15) is 0 Å².